The highest BCUT2D eigenvalue weighted by molar-refractivity contribution is 7.91. The molecule has 0 aromatic heterocycles. The van der Waals surface area contributed by atoms with Gasteiger partial charge in [0.2, 0.25) is 0 Å². The highest BCUT2D eigenvalue weighted by Crippen LogP contribution is 2.35. The molecule has 3 rings (SSSR count). The molecular weight excluding hydrogens is 258 g/mol. The highest BCUT2D eigenvalue weighted by atomic mass is 32.2. The molecule has 1 aromatic carbocycles. The minimum absolute atomic E-state index is 0.0194. The molecule has 104 valence electrons. The maximum absolute atomic E-state index is 12.1. The van der Waals surface area contributed by atoms with E-state index in [-0.39, 0.29) is 11.8 Å². The number of fused-ring (bicyclic) bond motifs is 1. The molecule has 1 heterocycles. The highest BCUT2D eigenvalue weighted by Gasteiger charge is 2.34. The van der Waals surface area contributed by atoms with Crippen LogP contribution in [0.15, 0.2) is 29.2 Å². The molecule has 3 nitrogen and oxygen atoms in total. The van der Waals surface area contributed by atoms with Crippen molar-refractivity contribution in [3.05, 3.63) is 29.8 Å². The maximum atomic E-state index is 12.1. The van der Waals surface area contributed by atoms with E-state index in [1.54, 1.807) is 12.1 Å². The van der Waals surface area contributed by atoms with Crippen LogP contribution in [0, 0.1) is 11.8 Å². The molecular formula is C15H21NO2S. The number of nitrogens with one attached hydrogen (secondary N) is 1. The molecule has 1 saturated carbocycles. The molecule has 0 amide bonds. The van der Waals surface area contributed by atoms with Gasteiger partial charge in [-0.15, -0.1) is 0 Å². The smallest absolute Gasteiger partial charge is 0.180 e. The van der Waals surface area contributed by atoms with Crippen molar-refractivity contribution in [2.45, 2.75) is 37.1 Å². The van der Waals surface area contributed by atoms with E-state index in [4.69, 9.17) is 0 Å². The van der Waals surface area contributed by atoms with Crippen LogP contribution in [0.4, 0.5) is 0 Å². The van der Waals surface area contributed by atoms with Crippen LogP contribution >= 0.6 is 0 Å². The minimum Gasteiger partial charge on any atom is -0.309 e. The summed E-state index contributed by atoms with van der Waals surface area (Å²) in [6.45, 7) is 3.24. The Kier molecular flexibility index (Phi) is 3.39. The van der Waals surface area contributed by atoms with Crippen LogP contribution in [0.5, 0.6) is 0 Å². The van der Waals surface area contributed by atoms with Gasteiger partial charge in [-0.05, 0) is 36.4 Å². The molecule has 19 heavy (non-hydrogen) atoms. The van der Waals surface area contributed by atoms with E-state index in [2.05, 4.69) is 12.2 Å². The molecule has 3 unspecified atom stereocenters. The number of rotatable bonds is 3. The molecule has 1 fully saturated rings. The van der Waals surface area contributed by atoms with E-state index in [0.717, 1.165) is 18.0 Å². The first-order valence-electron chi connectivity index (χ1n) is 7.13. The van der Waals surface area contributed by atoms with E-state index in [1.807, 2.05) is 12.1 Å². The van der Waals surface area contributed by atoms with Gasteiger partial charge >= 0.3 is 0 Å². The van der Waals surface area contributed by atoms with Gasteiger partial charge in [-0.1, -0.05) is 38.0 Å². The lowest BCUT2D eigenvalue weighted by atomic mass is 9.97. The summed E-state index contributed by atoms with van der Waals surface area (Å²) in [5.41, 5.74) is 0.952. The third-order valence-corrected chi connectivity index (χ3v) is 6.50. The van der Waals surface area contributed by atoms with Crippen molar-refractivity contribution in [2.24, 2.45) is 11.8 Å². The van der Waals surface area contributed by atoms with E-state index in [0.29, 0.717) is 10.8 Å². The van der Waals surface area contributed by atoms with Gasteiger partial charge < -0.3 is 5.32 Å². The Morgan fingerprint density at radius 2 is 2.05 bits per heavy atom. The number of sulfone groups is 1. The summed E-state index contributed by atoms with van der Waals surface area (Å²) in [4.78, 5) is 0.520. The Morgan fingerprint density at radius 1 is 1.26 bits per heavy atom. The maximum Gasteiger partial charge on any atom is 0.180 e. The first-order chi connectivity index (χ1) is 9.08. The van der Waals surface area contributed by atoms with E-state index >= 15 is 0 Å². The molecule has 4 heteroatoms. The van der Waals surface area contributed by atoms with Gasteiger partial charge in [0.05, 0.1) is 10.6 Å². The van der Waals surface area contributed by atoms with Gasteiger partial charge in [-0.2, -0.15) is 0 Å². The lowest BCUT2D eigenvalue weighted by molar-refractivity contribution is 0.376. The third kappa shape index (κ3) is 2.43. The van der Waals surface area contributed by atoms with Crippen molar-refractivity contribution in [1.82, 2.24) is 5.32 Å². The van der Waals surface area contributed by atoms with Crippen LogP contribution in [0.2, 0.25) is 0 Å². The largest absolute Gasteiger partial charge is 0.309 e. The molecule has 1 aromatic rings. The van der Waals surface area contributed by atoms with Crippen molar-refractivity contribution < 1.29 is 8.42 Å². The van der Waals surface area contributed by atoms with Crippen molar-refractivity contribution in [1.29, 1.82) is 0 Å². The predicted octanol–water partition coefficient (Wildman–Crippen LogP) is 2.54. The Hall–Kier alpha value is -0.870. The molecule has 0 radical (unpaired) electrons. The van der Waals surface area contributed by atoms with Gasteiger partial charge in [0.1, 0.15) is 0 Å². The zero-order valence-electron chi connectivity index (χ0n) is 11.3. The fourth-order valence-electron chi connectivity index (χ4n) is 3.44. The second-order valence-electron chi connectivity index (χ2n) is 5.95. The first kappa shape index (κ1) is 13.1. The fourth-order valence-corrected chi connectivity index (χ4v) is 5.21. The topological polar surface area (TPSA) is 46.2 Å². The molecule has 0 saturated heterocycles. The normalized spacial score (nSPS) is 32.4. The summed E-state index contributed by atoms with van der Waals surface area (Å²) >= 11 is 0. The van der Waals surface area contributed by atoms with E-state index in [9.17, 15) is 8.42 Å². The van der Waals surface area contributed by atoms with Gasteiger partial charge in [0, 0.05) is 6.04 Å². The molecule has 0 spiro atoms. The Labute approximate surface area is 115 Å². The second-order valence-corrected chi connectivity index (χ2v) is 7.95. The summed E-state index contributed by atoms with van der Waals surface area (Å²) in [6, 6.07) is 7.37. The standard InChI is InChI=1S/C15H21NO2S/c1-11-5-4-6-12(11)9-16-14-10-19(17,18)15-8-3-2-7-13(14)15/h2-3,7-8,11-12,14,16H,4-6,9-10H2,1H3. The number of hydrogen-bond acceptors (Lipinski definition) is 3. The van der Waals surface area contributed by atoms with E-state index in [1.165, 1.54) is 19.3 Å². The molecule has 2 aliphatic rings. The molecule has 1 aliphatic carbocycles. The Balaban J connectivity index is 1.73. The van der Waals surface area contributed by atoms with Crippen LogP contribution in [0.3, 0.4) is 0 Å². The molecule has 0 bridgehead atoms. The third-order valence-electron chi connectivity index (χ3n) is 4.68. The summed E-state index contributed by atoms with van der Waals surface area (Å²) in [5, 5.41) is 3.49. The zero-order chi connectivity index (χ0) is 13.5. The quantitative estimate of drug-likeness (QED) is 0.925. The fraction of sp³-hybridized carbons (Fsp3) is 0.600. The summed E-state index contributed by atoms with van der Waals surface area (Å²) in [7, 11) is -3.08. The predicted molar refractivity (Wildman–Crippen MR) is 75.7 cm³/mol. The Bertz CT molecular complexity index is 567. The first-order valence-corrected chi connectivity index (χ1v) is 8.78. The van der Waals surface area contributed by atoms with Crippen molar-refractivity contribution in [3.8, 4) is 0 Å². The molecule has 1 N–H and O–H groups in total. The molecule has 1 aliphatic heterocycles. The summed E-state index contributed by atoms with van der Waals surface area (Å²) in [6.07, 6.45) is 3.90. The monoisotopic (exact) mass is 279 g/mol. The van der Waals surface area contributed by atoms with Crippen LogP contribution in [-0.2, 0) is 9.84 Å². The van der Waals surface area contributed by atoms with Crippen LogP contribution in [-0.4, -0.2) is 20.7 Å². The average molecular weight is 279 g/mol. The number of hydrogen-bond donors (Lipinski definition) is 1. The van der Waals surface area contributed by atoms with Gasteiger partial charge in [0.25, 0.3) is 0 Å². The Morgan fingerprint density at radius 3 is 2.79 bits per heavy atom. The van der Waals surface area contributed by atoms with Gasteiger partial charge in [-0.25, -0.2) is 8.42 Å². The van der Waals surface area contributed by atoms with Gasteiger partial charge in [-0.3, -0.25) is 0 Å². The van der Waals surface area contributed by atoms with Crippen molar-refractivity contribution in [2.75, 3.05) is 12.3 Å². The molecule has 3 atom stereocenters. The number of benzene rings is 1. The SMILES string of the molecule is CC1CCCC1CNC1CS(=O)(=O)c2ccccc21. The second kappa shape index (κ2) is 4.91. The summed E-state index contributed by atoms with van der Waals surface area (Å²) < 4.78 is 24.2. The van der Waals surface area contributed by atoms with Gasteiger partial charge in [0.15, 0.2) is 9.84 Å². The van der Waals surface area contributed by atoms with Crippen LogP contribution in [0.25, 0.3) is 0 Å². The van der Waals surface area contributed by atoms with Crippen LogP contribution < -0.4 is 5.32 Å². The lowest BCUT2D eigenvalue weighted by Gasteiger charge is -2.19. The zero-order valence-corrected chi connectivity index (χ0v) is 12.1. The average Bonchev–Trinajstić information content (AvgIpc) is 2.90. The van der Waals surface area contributed by atoms with Crippen molar-refractivity contribution >= 4 is 9.84 Å². The lowest BCUT2D eigenvalue weighted by Crippen LogP contribution is -2.29. The van der Waals surface area contributed by atoms with Crippen LogP contribution in [0.1, 0.15) is 37.8 Å². The summed E-state index contributed by atoms with van der Waals surface area (Å²) in [5.74, 6) is 1.68. The minimum atomic E-state index is -3.08. The van der Waals surface area contributed by atoms with E-state index < -0.39 is 9.84 Å². The van der Waals surface area contributed by atoms with Crippen molar-refractivity contribution in [3.63, 3.8) is 0 Å².